The molecule has 0 fully saturated rings. The number of hydrogen-bond acceptors (Lipinski definition) is 5. The lowest BCUT2D eigenvalue weighted by Crippen LogP contribution is -1.98. The first-order valence-corrected chi connectivity index (χ1v) is 26.5. The third-order valence-corrected chi connectivity index (χ3v) is 14.9. The number of benzene rings is 9. The molecule has 0 amide bonds. The summed E-state index contributed by atoms with van der Waals surface area (Å²) in [5.74, 6) is 0.657. The SMILES string of the molecule is c1ccc(-c2ccc(-c3ccccc3-c3cc(-c4ccccc4-c4ccc(-c5ccccn5)cc4)cc(-c4ccccc4-c4ccc(-c5ncc6c7ccccc7n(-c7cccc(-c8ccccn8)c7)c6n5)cc4)c3)cc2)nc1. The molecule has 0 saturated heterocycles. The summed E-state index contributed by atoms with van der Waals surface area (Å²) in [7, 11) is 0. The standard InChI is InChI=1S/C73H48N6/c1-4-21-63(60(18-1)49-29-35-52(36-30-49)68-25-9-12-41-74-68)56-44-57(64-22-5-2-19-61(64)50-31-37-53(38-32-50)69-26-10-13-42-75-69)46-58(45-56)65-23-6-3-20-62(65)51-33-39-54(40-34-51)72-77-48-67-66-24-7-8-28-71(66)79(73(67)78-72)59-17-15-16-55(47-59)70-27-11-14-43-76-70/h1-48H. The number of nitrogens with zero attached hydrogens (tertiary/aromatic N) is 6. The normalized spacial score (nSPS) is 11.3. The van der Waals surface area contributed by atoms with Crippen molar-refractivity contribution in [2.24, 2.45) is 0 Å². The van der Waals surface area contributed by atoms with E-state index < -0.39 is 0 Å². The maximum absolute atomic E-state index is 5.33. The van der Waals surface area contributed by atoms with E-state index in [1.54, 1.807) is 0 Å². The highest BCUT2D eigenvalue weighted by Crippen LogP contribution is 2.43. The highest BCUT2D eigenvalue weighted by atomic mass is 15.1. The predicted molar refractivity (Wildman–Crippen MR) is 324 cm³/mol. The smallest absolute Gasteiger partial charge is 0.161 e. The molecule has 0 bridgehead atoms. The second kappa shape index (κ2) is 20.4. The molecule has 9 aromatic carbocycles. The highest BCUT2D eigenvalue weighted by Gasteiger charge is 2.19. The van der Waals surface area contributed by atoms with Gasteiger partial charge in [0.05, 0.1) is 22.6 Å². The first-order chi connectivity index (χ1) is 39.2. The van der Waals surface area contributed by atoms with Gasteiger partial charge in [0, 0.05) is 63.5 Å². The molecule has 0 aliphatic carbocycles. The number of rotatable bonds is 11. The molecular weight excluding hydrogens is 961 g/mol. The van der Waals surface area contributed by atoms with Crippen molar-refractivity contribution in [1.82, 2.24) is 29.5 Å². The summed E-state index contributed by atoms with van der Waals surface area (Å²) < 4.78 is 2.24. The minimum absolute atomic E-state index is 0.657. The molecular formula is C73H48N6. The zero-order chi connectivity index (χ0) is 52.5. The molecule has 0 atom stereocenters. The summed E-state index contributed by atoms with van der Waals surface area (Å²) in [4.78, 5) is 24.2. The van der Waals surface area contributed by atoms with Gasteiger partial charge in [-0.1, -0.05) is 194 Å². The minimum Gasteiger partial charge on any atom is -0.294 e. The van der Waals surface area contributed by atoms with E-state index in [4.69, 9.17) is 9.97 Å². The molecule has 0 unspecified atom stereocenters. The van der Waals surface area contributed by atoms with Gasteiger partial charge in [0.25, 0.3) is 0 Å². The van der Waals surface area contributed by atoms with Gasteiger partial charge in [-0.3, -0.25) is 19.5 Å². The summed E-state index contributed by atoms with van der Waals surface area (Å²) >= 11 is 0. The third kappa shape index (κ3) is 9.03. The fourth-order valence-electron chi connectivity index (χ4n) is 11.0. The molecule has 0 aliphatic heterocycles. The van der Waals surface area contributed by atoms with Crippen LogP contribution >= 0.6 is 0 Å². The van der Waals surface area contributed by atoms with Crippen molar-refractivity contribution in [3.05, 3.63) is 292 Å². The number of para-hydroxylation sites is 1. The van der Waals surface area contributed by atoms with E-state index >= 15 is 0 Å². The van der Waals surface area contributed by atoms with Crippen molar-refractivity contribution in [2.75, 3.05) is 0 Å². The van der Waals surface area contributed by atoms with Gasteiger partial charge in [0.2, 0.25) is 0 Å². The Labute approximate surface area is 458 Å². The Bertz CT molecular complexity index is 4350. The summed E-state index contributed by atoms with van der Waals surface area (Å²) in [6, 6.07) is 94.5. The quantitative estimate of drug-likeness (QED) is 0.129. The summed E-state index contributed by atoms with van der Waals surface area (Å²) in [5, 5.41) is 2.10. The highest BCUT2D eigenvalue weighted by molar-refractivity contribution is 6.08. The Morgan fingerprint density at radius 1 is 0.253 bits per heavy atom. The molecule has 6 nitrogen and oxygen atoms in total. The van der Waals surface area contributed by atoms with E-state index in [0.717, 1.165) is 134 Å². The lowest BCUT2D eigenvalue weighted by molar-refractivity contribution is 1.11. The van der Waals surface area contributed by atoms with Crippen LogP contribution in [0.1, 0.15) is 0 Å². The monoisotopic (exact) mass is 1010 g/mol. The second-order valence-corrected chi connectivity index (χ2v) is 19.6. The van der Waals surface area contributed by atoms with Crippen LogP contribution in [0, 0.1) is 0 Å². The fraction of sp³-hybridized carbons (Fsp3) is 0. The minimum atomic E-state index is 0.657. The zero-order valence-electron chi connectivity index (χ0n) is 42.9. The molecule has 370 valence electrons. The number of aromatic nitrogens is 6. The molecule has 0 radical (unpaired) electrons. The lowest BCUT2D eigenvalue weighted by Gasteiger charge is -2.18. The molecule has 14 rings (SSSR count). The van der Waals surface area contributed by atoms with Gasteiger partial charge in [-0.05, 0) is 140 Å². The van der Waals surface area contributed by atoms with E-state index in [1.165, 1.54) is 0 Å². The van der Waals surface area contributed by atoms with Crippen molar-refractivity contribution >= 4 is 21.9 Å². The maximum Gasteiger partial charge on any atom is 0.161 e. The Balaban J connectivity index is 0.869. The van der Waals surface area contributed by atoms with Crippen molar-refractivity contribution in [3.8, 4) is 118 Å². The topological polar surface area (TPSA) is 69.4 Å². The van der Waals surface area contributed by atoms with Crippen molar-refractivity contribution in [3.63, 3.8) is 0 Å². The van der Waals surface area contributed by atoms with Gasteiger partial charge in [0.1, 0.15) is 5.65 Å². The van der Waals surface area contributed by atoms with E-state index in [1.807, 2.05) is 67.3 Å². The second-order valence-electron chi connectivity index (χ2n) is 19.6. The average Bonchev–Trinajstić information content (AvgIpc) is 3.96. The first kappa shape index (κ1) is 46.8. The molecule has 14 aromatic rings. The predicted octanol–water partition coefficient (Wildman–Crippen LogP) is 18.4. The van der Waals surface area contributed by atoms with Crippen LogP contribution in [-0.4, -0.2) is 29.5 Å². The summed E-state index contributed by atoms with van der Waals surface area (Å²) in [5.41, 5.74) is 23.4. The van der Waals surface area contributed by atoms with Crippen LogP contribution in [0.5, 0.6) is 0 Å². The molecule has 0 aliphatic rings. The van der Waals surface area contributed by atoms with Gasteiger partial charge >= 0.3 is 0 Å². The van der Waals surface area contributed by atoms with E-state index in [2.05, 4.69) is 244 Å². The van der Waals surface area contributed by atoms with Crippen molar-refractivity contribution in [1.29, 1.82) is 0 Å². The van der Waals surface area contributed by atoms with Crippen molar-refractivity contribution < 1.29 is 0 Å². The van der Waals surface area contributed by atoms with Gasteiger partial charge in [-0.2, -0.15) is 0 Å². The molecule has 5 heterocycles. The maximum atomic E-state index is 5.33. The van der Waals surface area contributed by atoms with Crippen LogP contribution in [0.25, 0.3) is 140 Å². The van der Waals surface area contributed by atoms with Gasteiger partial charge in [0.15, 0.2) is 5.82 Å². The molecule has 79 heavy (non-hydrogen) atoms. The van der Waals surface area contributed by atoms with Crippen LogP contribution in [0.4, 0.5) is 0 Å². The average molecular weight is 1010 g/mol. The largest absolute Gasteiger partial charge is 0.294 e. The van der Waals surface area contributed by atoms with Gasteiger partial charge in [-0.15, -0.1) is 0 Å². The Morgan fingerprint density at radius 3 is 1.10 bits per heavy atom. The summed E-state index contributed by atoms with van der Waals surface area (Å²) in [6.45, 7) is 0. The lowest BCUT2D eigenvalue weighted by atomic mass is 9.86. The van der Waals surface area contributed by atoms with Crippen LogP contribution in [-0.2, 0) is 0 Å². The van der Waals surface area contributed by atoms with Crippen LogP contribution in [0.2, 0.25) is 0 Å². The zero-order valence-corrected chi connectivity index (χ0v) is 42.9. The van der Waals surface area contributed by atoms with E-state index in [0.29, 0.717) is 5.82 Å². The molecule has 0 N–H and O–H groups in total. The third-order valence-electron chi connectivity index (χ3n) is 14.9. The summed E-state index contributed by atoms with van der Waals surface area (Å²) in [6.07, 6.45) is 7.49. The number of pyridine rings is 3. The number of hydrogen-bond donors (Lipinski definition) is 0. The Kier molecular flexibility index (Phi) is 12.1. The number of fused-ring (bicyclic) bond motifs is 3. The molecule has 6 heteroatoms. The molecule has 5 aromatic heterocycles. The van der Waals surface area contributed by atoms with Gasteiger partial charge in [-0.25, -0.2) is 9.97 Å². The van der Waals surface area contributed by atoms with E-state index in [-0.39, 0.29) is 0 Å². The van der Waals surface area contributed by atoms with Crippen LogP contribution < -0.4 is 0 Å². The van der Waals surface area contributed by atoms with Crippen LogP contribution in [0.3, 0.4) is 0 Å². The first-order valence-electron chi connectivity index (χ1n) is 26.5. The molecule has 0 saturated carbocycles. The van der Waals surface area contributed by atoms with Gasteiger partial charge < -0.3 is 0 Å². The molecule has 0 spiro atoms. The van der Waals surface area contributed by atoms with E-state index in [9.17, 15) is 0 Å². The Morgan fingerprint density at radius 2 is 0.646 bits per heavy atom. The van der Waals surface area contributed by atoms with Crippen molar-refractivity contribution in [2.45, 2.75) is 0 Å². The Hall–Kier alpha value is -10.7. The van der Waals surface area contributed by atoms with Crippen LogP contribution in [0.15, 0.2) is 292 Å². The fourth-order valence-corrected chi connectivity index (χ4v) is 11.0.